The molecule has 1 heterocycles. The van der Waals surface area contributed by atoms with Gasteiger partial charge in [0.15, 0.2) is 0 Å². The van der Waals surface area contributed by atoms with E-state index >= 15 is 0 Å². The molecule has 0 aliphatic carbocycles. The van der Waals surface area contributed by atoms with E-state index in [4.69, 9.17) is 0 Å². The van der Waals surface area contributed by atoms with Gasteiger partial charge in [-0.05, 0) is 30.7 Å². The quantitative estimate of drug-likeness (QED) is 0.922. The fourth-order valence-electron chi connectivity index (χ4n) is 2.41. The summed E-state index contributed by atoms with van der Waals surface area (Å²) in [4.78, 5) is 13.6. The van der Waals surface area contributed by atoms with Crippen LogP contribution in [0.1, 0.15) is 24.5 Å². The Kier molecular flexibility index (Phi) is 4.32. The summed E-state index contributed by atoms with van der Waals surface area (Å²) in [5.41, 5.74) is 0.127. The number of benzene rings is 1. The minimum Gasteiger partial charge on any atom is -0.355 e. The van der Waals surface area contributed by atoms with Gasteiger partial charge in [0, 0.05) is 13.1 Å². The lowest BCUT2D eigenvalue weighted by Crippen LogP contribution is -2.40. The Morgan fingerprint density at radius 1 is 1.30 bits per heavy atom. The predicted molar refractivity (Wildman–Crippen MR) is 68.9 cm³/mol. The number of likely N-dealkylation sites (N-methyl/N-ethyl adjacent to an activating group) is 1. The molecule has 1 fully saturated rings. The highest BCUT2D eigenvalue weighted by atomic mass is 19.4. The van der Waals surface area contributed by atoms with Crippen molar-refractivity contribution in [3.8, 4) is 0 Å². The van der Waals surface area contributed by atoms with E-state index in [-0.39, 0.29) is 11.9 Å². The lowest BCUT2D eigenvalue weighted by atomic mass is 10.1. The molecule has 0 aromatic heterocycles. The Hall–Kier alpha value is -1.56. The third-order valence-corrected chi connectivity index (χ3v) is 3.53. The van der Waals surface area contributed by atoms with Crippen LogP contribution in [-0.4, -0.2) is 29.9 Å². The highest BCUT2D eigenvalue weighted by molar-refractivity contribution is 5.83. The molecule has 1 aliphatic rings. The number of alkyl halides is 3. The molecule has 1 amide bonds. The first-order chi connectivity index (χ1) is 9.41. The van der Waals surface area contributed by atoms with E-state index in [0.717, 1.165) is 24.1 Å². The van der Waals surface area contributed by atoms with Crippen LogP contribution in [0.15, 0.2) is 24.3 Å². The SMILES string of the molecule is CCN(Cc1ccc(C(F)(F)F)cc1)[C@H]1CCNC1=O. The first-order valence-electron chi connectivity index (χ1n) is 6.59. The van der Waals surface area contributed by atoms with Crippen LogP contribution in [0.25, 0.3) is 0 Å². The maximum absolute atomic E-state index is 12.5. The monoisotopic (exact) mass is 286 g/mol. The molecule has 0 saturated carbocycles. The van der Waals surface area contributed by atoms with Gasteiger partial charge in [-0.2, -0.15) is 13.2 Å². The fourth-order valence-corrected chi connectivity index (χ4v) is 2.41. The van der Waals surface area contributed by atoms with Crippen LogP contribution < -0.4 is 5.32 Å². The Balaban J connectivity index is 2.06. The summed E-state index contributed by atoms with van der Waals surface area (Å²) >= 11 is 0. The van der Waals surface area contributed by atoms with Crippen LogP contribution in [0, 0.1) is 0 Å². The zero-order valence-corrected chi connectivity index (χ0v) is 11.2. The number of halogens is 3. The van der Waals surface area contributed by atoms with E-state index in [0.29, 0.717) is 19.6 Å². The lowest BCUT2D eigenvalue weighted by Gasteiger charge is -2.25. The van der Waals surface area contributed by atoms with Crippen LogP contribution >= 0.6 is 0 Å². The normalized spacial score (nSPS) is 19.4. The summed E-state index contributed by atoms with van der Waals surface area (Å²) in [6, 6.07) is 4.93. The molecule has 2 rings (SSSR count). The van der Waals surface area contributed by atoms with Gasteiger partial charge in [-0.3, -0.25) is 9.69 Å². The molecular formula is C14H17F3N2O. The molecule has 110 valence electrons. The Bertz CT molecular complexity index is 470. The number of hydrogen-bond donors (Lipinski definition) is 1. The van der Waals surface area contributed by atoms with Crippen molar-refractivity contribution in [3.05, 3.63) is 35.4 Å². The summed E-state index contributed by atoms with van der Waals surface area (Å²) < 4.78 is 37.4. The fraction of sp³-hybridized carbons (Fsp3) is 0.500. The van der Waals surface area contributed by atoms with Crippen molar-refractivity contribution in [1.29, 1.82) is 0 Å². The second-order valence-corrected chi connectivity index (χ2v) is 4.85. The molecule has 1 aromatic rings. The minimum absolute atomic E-state index is 0.00115. The average Bonchev–Trinajstić information content (AvgIpc) is 2.82. The topological polar surface area (TPSA) is 32.3 Å². The molecule has 3 nitrogen and oxygen atoms in total. The molecule has 1 aromatic carbocycles. The van der Waals surface area contributed by atoms with E-state index in [2.05, 4.69) is 5.32 Å². The standard InChI is InChI=1S/C14H17F3N2O/c1-2-19(12-7-8-18-13(12)20)9-10-3-5-11(6-4-10)14(15,16)17/h3-6,12H,2,7-9H2,1H3,(H,18,20)/t12-/m0/s1. The first kappa shape index (κ1) is 14.8. The zero-order chi connectivity index (χ0) is 14.8. The number of nitrogens with zero attached hydrogens (tertiary/aromatic N) is 1. The maximum Gasteiger partial charge on any atom is 0.416 e. The van der Waals surface area contributed by atoms with E-state index < -0.39 is 11.7 Å². The van der Waals surface area contributed by atoms with Gasteiger partial charge in [-0.25, -0.2) is 0 Å². The van der Waals surface area contributed by atoms with Crippen molar-refractivity contribution in [3.63, 3.8) is 0 Å². The Morgan fingerprint density at radius 3 is 2.40 bits per heavy atom. The van der Waals surface area contributed by atoms with Crippen LogP contribution in [-0.2, 0) is 17.5 Å². The molecule has 0 bridgehead atoms. The molecule has 20 heavy (non-hydrogen) atoms. The number of carbonyl (C=O) groups excluding carboxylic acids is 1. The third kappa shape index (κ3) is 3.30. The molecule has 1 aliphatic heterocycles. The van der Waals surface area contributed by atoms with Gasteiger partial charge in [-0.15, -0.1) is 0 Å². The van der Waals surface area contributed by atoms with Gasteiger partial charge in [0.2, 0.25) is 5.91 Å². The predicted octanol–water partition coefficient (Wildman–Crippen LogP) is 2.42. The summed E-state index contributed by atoms with van der Waals surface area (Å²) in [6.45, 7) is 3.76. The summed E-state index contributed by atoms with van der Waals surface area (Å²) in [7, 11) is 0. The van der Waals surface area contributed by atoms with Crippen molar-refractivity contribution in [1.82, 2.24) is 10.2 Å². The van der Waals surface area contributed by atoms with Gasteiger partial charge in [0.05, 0.1) is 11.6 Å². The number of rotatable bonds is 4. The minimum atomic E-state index is -4.31. The zero-order valence-electron chi connectivity index (χ0n) is 11.2. The molecule has 1 N–H and O–H groups in total. The Morgan fingerprint density at radius 2 is 1.95 bits per heavy atom. The Labute approximate surface area is 115 Å². The molecule has 0 unspecified atom stereocenters. The summed E-state index contributed by atoms with van der Waals surface area (Å²) in [5, 5.41) is 2.77. The maximum atomic E-state index is 12.5. The second kappa shape index (κ2) is 5.83. The van der Waals surface area contributed by atoms with Gasteiger partial charge in [0.25, 0.3) is 0 Å². The van der Waals surface area contributed by atoms with Gasteiger partial charge < -0.3 is 5.32 Å². The molecule has 0 radical (unpaired) electrons. The van der Waals surface area contributed by atoms with Crippen molar-refractivity contribution in [2.24, 2.45) is 0 Å². The second-order valence-electron chi connectivity index (χ2n) is 4.85. The van der Waals surface area contributed by atoms with Gasteiger partial charge in [-0.1, -0.05) is 19.1 Å². The van der Waals surface area contributed by atoms with E-state index in [9.17, 15) is 18.0 Å². The first-order valence-corrected chi connectivity index (χ1v) is 6.59. The summed E-state index contributed by atoms with van der Waals surface area (Å²) in [5.74, 6) is -0.00115. The molecular weight excluding hydrogens is 269 g/mol. The van der Waals surface area contributed by atoms with Crippen molar-refractivity contribution >= 4 is 5.91 Å². The number of carbonyl (C=O) groups is 1. The molecule has 1 saturated heterocycles. The van der Waals surface area contributed by atoms with Crippen molar-refractivity contribution < 1.29 is 18.0 Å². The highest BCUT2D eigenvalue weighted by Crippen LogP contribution is 2.29. The lowest BCUT2D eigenvalue weighted by molar-refractivity contribution is -0.137. The van der Waals surface area contributed by atoms with Gasteiger partial charge in [0.1, 0.15) is 0 Å². The van der Waals surface area contributed by atoms with Crippen molar-refractivity contribution in [2.45, 2.75) is 32.1 Å². The largest absolute Gasteiger partial charge is 0.416 e. The molecule has 1 atom stereocenters. The van der Waals surface area contributed by atoms with E-state index in [1.165, 1.54) is 12.1 Å². The number of nitrogens with one attached hydrogen (secondary N) is 1. The van der Waals surface area contributed by atoms with Crippen LogP contribution in [0.5, 0.6) is 0 Å². The number of hydrogen-bond acceptors (Lipinski definition) is 2. The van der Waals surface area contributed by atoms with Crippen LogP contribution in [0.4, 0.5) is 13.2 Å². The summed E-state index contributed by atoms with van der Waals surface area (Å²) in [6.07, 6.45) is -3.57. The highest BCUT2D eigenvalue weighted by Gasteiger charge is 2.31. The number of amides is 1. The molecule has 0 spiro atoms. The van der Waals surface area contributed by atoms with Crippen LogP contribution in [0.3, 0.4) is 0 Å². The van der Waals surface area contributed by atoms with Crippen molar-refractivity contribution in [2.75, 3.05) is 13.1 Å². The third-order valence-electron chi connectivity index (χ3n) is 3.53. The van der Waals surface area contributed by atoms with E-state index in [1.54, 1.807) is 0 Å². The molecule has 6 heteroatoms. The smallest absolute Gasteiger partial charge is 0.355 e. The van der Waals surface area contributed by atoms with E-state index in [1.807, 2.05) is 11.8 Å². The average molecular weight is 286 g/mol. The van der Waals surface area contributed by atoms with Crippen LogP contribution in [0.2, 0.25) is 0 Å². The van der Waals surface area contributed by atoms with Gasteiger partial charge >= 0.3 is 6.18 Å².